The lowest BCUT2D eigenvalue weighted by molar-refractivity contribution is 0.0838. The van der Waals surface area contributed by atoms with Crippen molar-refractivity contribution < 1.29 is 4.79 Å². The molecule has 1 rings (SSSR count). The number of amides is 1. The van der Waals surface area contributed by atoms with Crippen LogP contribution in [0.1, 0.15) is 36.2 Å². The summed E-state index contributed by atoms with van der Waals surface area (Å²) >= 11 is 5.75. The van der Waals surface area contributed by atoms with Gasteiger partial charge < -0.3 is 22.9 Å². The molecule has 0 saturated carbocycles. The molecule has 1 aromatic heterocycles. The highest BCUT2D eigenvalue weighted by atomic mass is 35.5. The second-order valence-electron chi connectivity index (χ2n) is 4.68. The lowest BCUT2D eigenvalue weighted by atomic mass is 10.2. The number of halogens is 3. The third-order valence-corrected chi connectivity index (χ3v) is 3.26. The molecule has 1 heterocycles. The van der Waals surface area contributed by atoms with Crippen LogP contribution < -0.4 is 22.9 Å². The molecule has 0 fully saturated rings. The van der Waals surface area contributed by atoms with E-state index < -0.39 is 11.9 Å². The quantitative estimate of drug-likeness (QED) is 0.257. The van der Waals surface area contributed by atoms with Crippen molar-refractivity contribution in [2.45, 2.75) is 25.7 Å². The number of nitrogens with one attached hydrogen (secondary N) is 1. The van der Waals surface area contributed by atoms with Crippen LogP contribution in [0.4, 0.5) is 11.6 Å². The summed E-state index contributed by atoms with van der Waals surface area (Å²) in [6, 6.07) is 0. The van der Waals surface area contributed by atoms with E-state index in [0.29, 0.717) is 13.0 Å². The zero-order chi connectivity index (χ0) is 16.7. The fraction of sp³-hybridized carbons (Fsp3) is 0.500. The number of nitrogens with zero attached hydrogens (tertiary/aromatic N) is 3. The van der Waals surface area contributed by atoms with Crippen molar-refractivity contribution in [3.63, 3.8) is 0 Å². The fourth-order valence-electron chi connectivity index (χ4n) is 1.83. The Kier molecular flexibility index (Phi) is 12.3. The standard InChI is InChI=1S/C12H21ClN8O.2ClH/c13-8-10(16)20-9(15)7(19-8)11(22)21(12(17)18)6-4-2-1-3-5-14;;/h1-6,14H2,(H3,17,18)(H4,15,16,20);2*1H. The minimum Gasteiger partial charge on any atom is -0.382 e. The summed E-state index contributed by atoms with van der Waals surface area (Å²) in [6.07, 6.45) is 3.42. The van der Waals surface area contributed by atoms with Crippen LogP contribution in [0.15, 0.2) is 0 Å². The number of aromatic nitrogens is 2. The fourth-order valence-corrected chi connectivity index (χ4v) is 1.95. The van der Waals surface area contributed by atoms with E-state index in [2.05, 4.69) is 9.97 Å². The summed E-state index contributed by atoms with van der Waals surface area (Å²) in [4.78, 5) is 21.0. The summed E-state index contributed by atoms with van der Waals surface area (Å²) in [6.45, 7) is 0.910. The van der Waals surface area contributed by atoms with Crippen molar-refractivity contribution in [2.75, 3.05) is 24.6 Å². The van der Waals surface area contributed by atoms with Crippen LogP contribution in [0.25, 0.3) is 0 Å². The topological polar surface area (TPSA) is 174 Å². The Labute approximate surface area is 157 Å². The SMILES string of the molecule is Cl.Cl.N=C(N)N(CCCCCCN)C(=O)c1nc(Cl)c(N)nc1N. The Balaban J connectivity index is 0. The lowest BCUT2D eigenvalue weighted by Crippen LogP contribution is -2.42. The summed E-state index contributed by atoms with van der Waals surface area (Å²) < 4.78 is 0. The lowest BCUT2D eigenvalue weighted by Gasteiger charge is -2.20. The summed E-state index contributed by atoms with van der Waals surface area (Å²) in [5.74, 6) is -1.23. The number of nitrogen functional groups attached to an aromatic ring is 2. The van der Waals surface area contributed by atoms with Crippen molar-refractivity contribution in [1.29, 1.82) is 5.41 Å². The molecule has 9 N–H and O–H groups in total. The molecule has 0 aliphatic carbocycles. The number of carbonyl (C=O) groups is 1. The Morgan fingerprint density at radius 1 is 1.08 bits per heavy atom. The first-order chi connectivity index (χ1) is 10.4. The second-order valence-corrected chi connectivity index (χ2v) is 5.04. The van der Waals surface area contributed by atoms with Crippen LogP contribution in [0.2, 0.25) is 5.15 Å². The average Bonchev–Trinajstić information content (AvgIpc) is 2.45. The first-order valence-corrected chi connectivity index (χ1v) is 7.20. The molecule has 1 amide bonds. The molecule has 0 saturated heterocycles. The largest absolute Gasteiger partial charge is 0.382 e. The van der Waals surface area contributed by atoms with Crippen molar-refractivity contribution >= 4 is 59.9 Å². The molecule has 0 aromatic carbocycles. The molecule has 0 bridgehead atoms. The molecule has 1 aromatic rings. The number of guanidine groups is 1. The highest BCUT2D eigenvalue weighted by Crippen LogP contribution is 2.19. The van der Waals surface area contributed by atoms with Gasteiger partial charge in [0.15, 0.2) is 28.4 Å². The van der Waals surface area contributed by atoms with Gasteiger partial charge in [0.2, 0.25) is 0 Å². The maximum absolute atomic E-state index is 12.4. The Morgan fingerprint density at radius 2 is 1.67 bits per heavy atom. The van der Waals surface area contributed by atoms with E-state index in [4.69, 9.17) is 39.9 Å². The van der Waals surface area contributed by atoms with E-state index in [1.807, 2.05) is 0 Å². The van der Waals surface area contributed by atoms with E-state index in [0.717, 1.165) is 24.2 Å². The van der Waals surface area contributed by atoms with Crippen molar-refractivity contribution in [3.05, 3.63) is 10.8 Å². The van der Waals surface area contributed by atoms with Crippen molar-refractivity contribution in [2.24, 2.45) is 11.5 Å². The first kappa shape index (κ1) is 24.7. The van der Waals surface area contributed by atoms with Gasteiger partial charge in [-0.2, -0.15) is 0 Å². The van der Waals surface area contributed by atoms with Gasteiger partial charge in [0.25, 0.3) is 5.91 Å². The Hall–Kier alpha value is -1.55. The maximum atomic E-state index is 12.4. The normalized spacial score (nSPS) is 9.58. The van der Waals surface area contributed by atoms with Gasteiger partial charge in [0.05, 0.1) is 0 Å². The Bertz CT molecular complexity index is 557. The van der Waals surface area contributed by atoms with E-state index in [-0.39, 0.29) is 53.8 Å². The minimum atomic E-state index is -0.627. The number of nitrogens with two attached hydrogens (primary N) is 4. The summed E-state index contributed by atoms with van der Waals surface area (Å²) in [7, 11) is 0. The van der Waals surface area contributed by atoms with E-state index in [1.54, 1.807) is 0 Å². The predicted octanol–water partition coefficient (Wildman–Crippen LogP) is 0.993. The number of hydrogen-bond acceptors (Lipinski definition) is 7. The van der Waals surface area contributed by atoms with Gasteiger partial charge in [-0.15, -0.1) is 24.8 Å². The number of unbranched alkanes of at least 4 members (excludes halogenated alkanes) is 3. The zero-order valence-electron chi connectivity index (χ0n) is 13.0. The first-order valence-electron chi connectivity index (χ1n) is 6.83. The molecule has 24 heavy (non-hydrogen) atoms. The number of carbonyl (C=O) groups excluding carboxylic acids is 1. The van der Waals surface area contributed by atoms with Gasteiger partial charge in [0.1, 0.15) is 0 Å². The zero-order valence-corrected chi connectivity index (χ0v) is 15.4. The maximum Gasteiger partial charge on any atom is 0.283 e. The third kappa shape index (κ3) is 6.91. The monoisotopic (exact) mass is 400 g/mol. The molecule has 0 radical (unpaired) electrons. The van der Waals surface area contributed by atoms with E-state index in [9.17, 15) is 4.79 Å². The predicted molar refractivity (Wildman–Crippen MR) is 101 cm³/mol. The smallest absolute Gasteiger partial charge is 0.283 e. The van der Waals surface area contributed by atoms with Crippen LogP contribution in [-0.2, 0) is 0 Å². The number of rotatable bonds is 7. The summed E-state index contributed by atoms with van der Waals surface area (Å²) in [5, 5.41) is 7.41. The molecule has 0 aliphatic heterocycles. The van der Waals surface area contributed by atoms with Gasteiger partial charge >= 0.3 is 0 Å². The van der Waals surface area contributed by atoms with Gasteiger partial charge in [-0.25, -0.2) is 9.97 Å². The molecule has 9 nitrogen and oxygen atoms in total. The van der Waals surface area contributed by atoms with Gasteiger partial charge in [-0.3, -0.25) is 15.1 Å². The average molecular weight is 402 g/mol. The highest BCUT2D eigenvalue weighted by Gasteiger charge is 2.23. The molecule has 138 valence electrons. The minimum absolute atomic E-state index is 0. The third-order valence-electron chi connectivity index (χ3n) is 2.98. The number of hydrogen-bond donors (Lipinski definition) is 5. The highest BCUT2D eigenvalue weighted by molar-refractivity contribution is 6.31. The van der Waals surface area contributed by atoms with Crippen LogP contribution in [0.5, 0.6) is 0 Å². The molecule has 0 spiro atoms. The van der Waals surface area contributed by atoms with Crippen LogP contribution in [0, 0.1) is 5.41 Å². The molecule has 0 aliphatic rings. The summed E-state index contributed by atoms with van der Waals surface area (Å²) in [5.41, 5.74) is 21.8. The van der Waals surface area contributed by atoms with E-state index in [1.165, 1.54) is 0 Å². The van der Waals surface area contributed by atoms with Crippen LogP contribution >= 0.6 is 36.4 Å². The molecule has 12 heteroatoms. The Morgan fingerprint density at radius 3 is 2.21 bits per heavy atom. The van der Waals surface area contributed by atoms with Gasteiger partial charge in [-0.1, -0.05) is 24.4 Å². The van der Waals surface area contributed by atoms with Crippen molar-refractivity contribution in [1.82, 2.24) is 14.9 Å². The molecule has 0 unspecified atom stereocenters. The van der Waals surface area contributed by atoms with Gasteiger partial charge in [0, 0.05) is 6.54 Å². The van der Waals surface area contributed by atoms with Gasteiger partial charge in [-0.05, 0) is 19.4 Å². The van der Waals surface area contributed by atoms with E-state index >= 15 is 0 Å². The second kappa shape index (κ2) is 11.9. The van der Waals surface area contributed by atoms with Crippen LogP contribution in [-0.4, -0.2) is 39.8 Å². The number of anilines is 2. The molecular weight excluding hydrogens is 379 g/mol. The van der Waals surface area contributed by atoms with Crippen LogP contribution in [0.3, 0.4) is 0 Å². The molecular formula is C12H23Cl3N8O. The van der Waals surface area contributed by atoms with Crippen molar-refractivity contribution in [3.8, 4) is 0 Å². The molecule has 0 atom stereocenters.